The third kappa shape index (κ3) is 3.37. The number of nitrogens with zero attached hydrogens (tertiary/aromatic N) is 2. The molecule has 1 aromatic carbocycles. The summed E-state index contributed by atoms with van der Waals surface area (Å²) in [6.07, 6.45) is 1.76. The Morgan fingerprint density at radius 3 is 2.60 bits per heavy atom. The quantitative estimate of drug-likeness (QED) is 0.810. The van der Waals surface area contributed by atoms with E-state index in [1.165, 1.54) is 5.56 Å². The van der Waals surface area contributed by atoms with Gasteiger partial charge in [0.25, 0.3) is 0 Å². The summed E-state index contributed by atoms with van der Waals surface area (Å²) in [5, 5.41) is 7.64. The predicted molar refractivity (Wildman–Crippen MR) is 104 cm³/mol. The highest BCUT2D eigenvalue weighted by Gasteiger charge is 2.52. The number of nitrogens with one attached hydrogen (secondary N) is 2. The molecule has 2 fully saturated rings. The summed E-state index contributed by atoms with van der Waals surface area (Å²) in [5.41, 5.74) is 0.904. The second-order valence-electron chi connectivity index (χ2n) is 7.02. The van der Waals surface area contributed by atoms with Gasteiger partial charge in [0.2, 0.25) is 5.91 Å². The molecule has 2 N–H and O–H groups in total. The van der Waals surface area contributed by atoms with Crippen LogP contribution in [-0.2, 0) is 4.79 Å². The summed E-state index contributed by atoms with van der Waals surface area (Å²) >= 11 is 5.45. The van der Waals surface area contributed by atoms with Gasteiger partial charge in [0.15, 0.2) is 5.11 Å². The molecule has 5 nitrogen and oxygen atoms in total. The molecule has 0 bridgehead atoms. The van der Waals surface area contributed by atoms with Crippen LogP contribution < -0.4 is 10.6 Å². The first-order valence-corrected chi connectivity index (χ1v) is 9.58. The summed E-state index contributed by atoms with van der Waals surface area (Å²) in [5.74, 6) is 0.194. The molecule has 0 radical (unpaired) electrons. The van der Waals surface area contributed by atoms with Gasteiger partial charge in [-0.3, -0.25) is 10.1 Å². The minimum atomic E-state index is -0.274. The van der Waals surface area contributed by atoms with Crippen molar-refractivity contribution >= 4 is 23.2 Å². The molecule has 0 aliphatic carbocycles. The van der Waals surface area contributed by atoms with Crippen molar-refractivity contribution in [3.8, 4) is 0 Å². The Morgan fingerprint density at radius 2 is 2.00 bits per heavy atom. The van der Waals surface area contributed by atoms with Gasteiger partial charge in [-0.25, -0.2) is 0 Å². The molecule has 6 heteroatoms. The third-order valence-corrected chi connectivity index (χ3v) is 5.83. The van der Waals surface area contributed by atoms with Crippen molar-refractivity contribution in [2.45, 2.75) is 51.4 Å². The zero-order valence-electron chi connectivity index (χ0n) is 15.3. The highest BCUT2D eigenvalue weighted by atomic mass is 32.1. The van der Waals surface area contributed by atoms with Crippen molar-refractivity contribution in [3.63, 3.8) is 0 Å². The molecule has 2 aliphatic heterocycles. The molecule has 2 heterocycles. The molecule has 0 unspecified atom stereocenters. The standard InChI is InChI=1S/C19H28N4OS/c1-4-20-18(25)22-12-10-19(11-13-22)21-14(2)17(24)23(19)15(3)16-8-6-5-7-9-16/h5-9,14-15,21H,4,10-13H2,1-3H3,(H,20,25)/t14-,15-/m0/s1. The molecule has 136 valence electrons. The fourth-order valence-electron chi connectivity index (χ4n) is 4.12. The molecular formula is C19H28N4OS. The van der Waals surface area contributed by atoms with E-state index in [9.17, 15) is 4.79 Å². The van der Waals surface area contributed by atoms with E-state index >= 15 is 0 Å². The van der Waals surface area contributed by atoms with Gasteiger partial charge >= 0.3 is 0 Å². The van der Waals surface area contributed by atoms with Gasteiger partial charge in [-0.05, 0) is 38.6 Å². The Morgan fingerprint density at radius 1 is 1.36 bits per heavy atom. The van der Waals surface area contributed by atoms with Crippen molar-refractivity contribution in [1.82, 2.24) is 20.4 Å². The topological polar surface area (TPSA) is 47.6 Å². The molecule has 1 aromatic rings. The first-order valence-electron chi connectivity index (χ1n) is 9.17. The maximum Gasteiger partial charge on any atom is 0.241 e. The van der Waals surface area contributed by atoms with Crippen molar-refractivity contribution in [3.05, 3.63) is 35.9 Å². The molecule has 0 saturated carbocycles. The van der Waals surface area contributed by atoms with Crippen LogP contribution in [0, 0.1) is 0 Å². The average molecular weight is 361 g/mol. The van der Waals surface area contributed by atoms with Crippen LogP contribution in [0.5, 0.6) is 0 Å². The molecule has 2 atom stereocenters. The number of benzene rings is 1. The van der Waals surface area contributed by atoms with Gasteiger partial charge in [-0.1, -0.05) is 30.3 Å². The number of piperidine rings is 1. The normalized spacial score (nSPS) is 23.8. The van der Waals surface area contributed by atoms with E-state index in [1.807, 2.05) is 25.1 Å². The lowest BCUT2D eigenvalue weighted by atomic mass is 9.93. The lowest BCUT2D eigenvalue weighted by molar-refractivity contribution is -0.136. The van der Waals surface area contributed by atoms with Crippen LogP contribution in [-0.4, -0.2) is 52.2 Å². The monoisotopic (exact) mass is 360 g/mol. The molecular weight excluding hydrogens is 332 g/mol. The van der Waals surface area contributed by atoms with E-state index in [-0.39, 0.29) is 23.7 Å². The fraction of sp³-hybridized carbons (Fsp3) is 0.579. The molecule has 3 rings (SSSR count). The van der Waals surface area contributed by atoms with Crippen LogP contribution in [0.15, 0.2) is 30.3 Å². The van der Waals surface area contributed by atoms with E-state index < -0.39 is 0 Å². The smallest absolute Gasteiger partial charge is 0.241 e. The summed E-state index contributed by atoms with van der Waals surface area (Å²) < 4.78 is 0. The van der Waals surface area contributed by atoms with Gasteiger partial charge in [0.05, 0.1) is 17.7 Å². The molecule has 0 aromatic heterocycles. The second-order valence-corrected chi connectivity index (χ2v) is 7.40. The number of likely N-dealkylation sites (tertiary alicyclic amines) is 1. The second kappa shape index (κ2) is 7.30. The number of hydrogen-bond acceptors (Lipinski definition) is 3. The van der Waals surface area contributed by atoms with Crippen molar-refractivity contribution in [2.75, 3.05) is 19.6 Å². The van der Waals surface area contributed by atoms with E-state index in [1.54, 1.807) is 0 Å². The van der Waals surface area contributed by atoms with Crippen LogP contribution in [0.4, 0.5) is 0 Å². The molecule has 25 heavy (non-hydrogen) atoms. The maximum atomic E-state index is 12.9. The Kier molecular flexibility index (Phi) is 5.29. The average Bonchev–Trinajstić information content (AvgIpc) is 2.86. The summed E-state index contributed by atoms with van der Waals surface area (Å²) in [4.78, 5) is 17.2. The van der Waals surface area contributed by atoms with E-state index in [0.717, 1.165) is 37.6 Å². The Balaban J connectivity index is 1.80. The number of thiocarbonyl (C=S) groups is 1. The van der Waals surface area contributed by atoms with E-state index in [4.69, 9.17) is 12.2 Å². The minimum absolute atomic E-state index is 0.0541. The van der Waals surface area contributed by atoms with Crippen LogP contribution in [0.2, 0.25) is 0 Å². The Hall–Kier alpha value is -1.66. The van der Waals surface area contributed by atoms with Crippen LogP contribution in [0.25, 0.3) is 0 Å². The van der Waals surface area contributed by atoms with Gasteiger partial charge in [0.1, 0.15) is 0 Å². The number of carbonyl (C=O) groups excluding carboxylic acids is 1. The van der Waals surface area contributed by atoms with Crippen molar-refractivity contribution in [2.24, 2.45) is 0 Å². The highest BCUT2D eigenvalue weighted by molar-refractivity contribution is 7.80. The van der Waals surface area contributed by atoms with Gasteiger partial charge in [0, 0.05) is 32.5 Å². The van der Waals surface area contributed by atoms with Gasteiger partial charge in [-0.2, -0.15) is 0 Å². The lowest BCUT2D eigenvalue weighted by Gasteiger charge is -2.47. The van der Waals surface area contributed by atoms with Crippen LogP contribution >= 0.6 is 12.2 Å². The van der Waals surface area contributed by atoms with Gasteiger partial charge in [-0.15, -0.1) is 0 Å². The molecule has 2 saturated heterocycles. The Labute approximate surface area is 155 Å². The Bertz CT molecular complexity index is 628. The zero-order valence-corrected chi connectivity index (χ0v) is 16.1. The van der Waals surface area contributed by atoms with Gasteiger partial charge < -0.3 is 15.1 Å². The first-order chi connectivity index (χ1) is 12.0. The largest absolute Gasteiger partial charge is 0.363 e. The van der Waals surface area contributed by atoms with Crippen LogP contribution in [0.3, 0.4) is 0 Å². The van der Waals surface area contributed by atoms with Crippen molar-refractivity contribution < 1.29 is 4.79 Å². The number of carbonyl (C=O) groups is 1. The number of amides is 1. The predicted octanol–water partition coefficient (Wildman–Crippen LogP) is 2.25. The molecule has 1 amide bonds. The number of hydrogen-bond donors (Lipinski definition) is 2. The van der Waals surface area contributed by atoms with Crippen molar-refractivity contribution in [1.29, 1.82) is 0 Å². The molecule has 2 aliphatic rings. The minimum Gasteiger partial charge on any atom is -0.363 e. The van der Waals surface area contributed by atoms with Crippen LogP contribution in [0.1, 0.15) is 45.2 Å². The third-order valence-electron chi connectivity index (χ3n) is 5.43. The first kappa shape index (κ1) is 18.1. The van der Waals surface area contributed by atoms with E-state index in [2.05, 4.69) is 46.4 Å². The van der Waals surface area contributed by atoms with E-state index in [0.29, 0.717) is 0 Å². The zero-order chi connectivity index (χ0) is 18.0. The molecule has 1 spiro atoms. The maximum absolute atomic E-state index is 12.9. The summed E-state index contributed by atoms with van der Waals surface area (Å²) in [7, 11) is 0. The fourth-order valence-corrected chi connectivity index (χ4v) is 4.45. The summed E-state index contributed by atoms with van der Waals surface area (Å²) in [6, 6.07) is 10.2. The highest BCUT2D eigenvalue weighted by Crippen LogP contribution is 2.38. The SMILES string of the molecule is CCNC(=S)N1CCC2(CC1)N[C@@H](C)C(=O)N2[C@@H](C)c1ccccc1. The lowest BCUT2D eigenvalue weighted by Crippen LogP contribution is -2.60. The summed E-state index contributed by atoms with van der Waals surface area (Å²) in [6.45, 7) is 8.71. The number of rotatable bonds is 3.